The molecule has 3 aromatic heterocycles. The van der Waals surface area contributed by atoms with Gasteiger partial charge in [0, 0.05) is 6.20 Å². The van der Waals surface area contributed by atoms with Crippen LogP contribution in [-0.2, 0) is 16.1 Å². The standard InChI is InChI=1S/C27H23N3O5/c1-3-13-34-19-9-6-8-18(15-19)24-22(26(32)27(33)30(24)16-20-10-7-14-35-20)25(31)23-17(2)28-21-11-4-5-12-29(21)23/h3-12,14-15,24,31H,1,13,16H2,2H3/b25-22+. The second kappa shape index (κ2) is 8.98. The molecule has 1 aliphatic rings. The van der Waals surface area contributed by atoms with Crippen molar-refractivity contribution in [3.05, 3.63) is 108 Å². The summed E-state index contributed by atoms with van der Waals surface area (Å²) in [4.78, 5) is 32.5. The Kier molecular flexibility index (Phi) is 5.70. The maximum Gasteiger partial charge on any atom is 0.296 e. The molecule has 1 unspecified atom stereocenters. The van der Waals surface area contributed by atoms with E-state index in [1.54, 1.807) is 72.1 Å². The zero-order valence-corrected chi connectivity index (χ0v) is 19.0. The summed E-state index contributed by atoms with van der Waals surface area (Å²) >= 11 is 0. The molecule has 1 aromatic carbocycles. The molecule has 0 saturated carbocycles. The van der Waals surface area contributed by atoms with Crippen LogP contribution in [-0.4, -0.2) is 37.7 Å². The minimum atomic E-state index is -0.860. The molecule has 8 nitrogen and oxygen atoms in total. The molecule has 1 fully saturated rings. The number of ether oxygens (including phenoxy) is 1. The van der Waals surface area contributed by atoms with E-state index in [2.05, 4.69) is 11.6 Å². The molecule has 1 atom stereocenters. The van der Waals surface area contributed by atoms with E-state index in [-0.39, 0.29) is 17.9 Å². The number of nitrogens with zero attached hydrogens (tertiary/aromatic N) is 3. The number of carbonyl (C=O) groups excluding carboxylic acids is 2. The van der Waals surface area contributed by atoms with Crippen LogP contribution in [0.2, 0.25) is 0 Å². The predicted octanol–water partition coefficient (Wildman–Crippen LogP) is 4.42. The summed E-state index contributed by atoms with van der Waals surface area (Å²) in [5, 5.41) is 11.5. The number of aromatic nitrogens is 2. The summed E-state index contributed by atoms with van der Waals surface area (Å²) < 4.78 is 12.8. The number of hydrogen-bond donors (Lipinski definition) is 1. The molecule has 1 aliphatic heterocycles. The second-order valence-electron chi connectivity index (χ2n) is 8.15. The van der Waals surface area contributed by atoms with Crippen molar-refractivity contribution in [2.75, 3.05) is 6.61 Å². The zero-order valence-electron chi connectivity index (χ0n) is 19.0. The number of Topliss-reactive ketones (excluding diaryl/α,β-unsaturated/α-hetero) is 1. The lowest BCUT2D eigenvalue weighted by molar-refractivity contribution is -0.140. The Morgan fingerprint density at radius 2 is 2.06 bits per heavy atom. The van der Waals surface area contributed by atoms with Crippen molar-refractivity contribution < 1.29 is 23.8 Å². The molecule has 1 N–H and O–H groups in total. The number of imidazole rings is 1. The largest absolute Gasteiger partial charge is 0.505 e. The van der Waals surface area contributed by atoms with Crippen LogP contribution in [0.15, 0.2) is 89.7 Å². The van der Waals surface area contributed by atoms with Gasteiger partial charge < -0.3 is 19.2 Å². The van der Waals surface area contributed by atoms with Crippen LogP contribution in [0.4, 0.5) is 0 Å². The Balaban J connectivity index is 1.70. The van der Waals surface area contributed by atoms with Crippen molar-refractivity contribution >= 4 is 23.1 Å². The topological polar surface area (TPSA) is 97.3 Å². The molecule has 8 heteroatoms. The Hall–Kier alpha value is -4.59. The first kappa shape index (κ1) is 22.2. The molecule has 1 amide bonds. The normalized spacial score (nSPS) is 17.3. The van der Waals surface area contributed by atoms with Gasteiger partial charge in [-0.2, -0.15) is 0 Å². The Bertz CT molecular complexity index is 1470. The average Bonchev–Trinajstić information content (AvgIpc) is 3.55. The first-order valence-electron chi connectivity index (χ1n) is 11.1. The monoisotopic (exact) mass is 469 g/mol. The lowest BCUT2D eigenvalue weighted by Gasteiger charge is -2.25. The molecule has 0 aliphatic carbocycles. The number of pyridine rings is 1. The number of ketones is 1. The molecular weight excluding hydrogens is 446 g/mol. The van der Waals surface area contributed by atoms with Gasteiger partial charge in [0.25, 0.3) is 11.7 Å². The van der Waals surface area contributed by atoms with Crippen LogP contribution in [0.3, 0.4) is 0 Å². The van der Waals surface area contributed by atoms with Crippen LogP contribution in [0.5, 0.6) is 5.75 Å². The van der Waals surface area contributed by atoms with Gasteiger partial charge in [-0.15, -0.1) is 0 Å². The SMILES string of the molecule is C=CCOc1cccc(C2/C(=C(\O)c3c(C)nc4ccccn34)C(=O)C(=O)N2Cc2ccco2)c1. The number of fused-ring (bicyclic) bond motifs is 1. The Labute approximate surface area is 201 Å². The molecule has 35 heavy (non-hydrogen) atoms. The molecule has 0 bridgehead atoms. The number of rotatable bonds is 7. The van der Waals surface area contributed by atoms with E-state index in [4.69, 9.17) is 9.15 Å². The second-order valence-corrected chi connectivity index (χ2v) is 8.15. The number of aliphatic hydroxyl groups excluding tert-OH is 1. The predicted molar refractivity (Wildman–Crippen MR) is 129 cm³/mol. The molecule has 1 saturated heterocycles. The first-order valence-corrected chi connectivity index (χ1v) is 11.1. The molecule has 0 radical (unpaired) electrons. The Morgan fingerprint density at radius 3 is 2.83 bits per heavy atom. The number of furan rings is 1. The van der Waals surface area contributed by atoms with E-state index in [0.717, 1.165) is 0 Å². The number of aryl methyl sites for hydroxylation is 1. The fourth-order valence-electron chi connectivity index (χ4n) is 4.42. The average molecular weight is 469 g/mol. The summed E-state index contributed by atoms with van der Waals surface area (Å²) in [6.45, 7) is 5.78. The highest BCUT2D eigenvalue weighted by molar-refractivity contribution is 6.46. The fourth-order valence-corrected chi connectivity index (χ4v) is 4.42. The van der Waals surface area contributed by atoms with Crippen molar-refractivity contribution in [1.82, 2.24) is 14.3 Å². The third kappa shape index (κ3) is 3.89. The van der Waals surface area contributed by atoms with Crippen molar-refractivity contribution in [2.45, 2.75) is 19.5 Å². The summed E-state index contributed by atoms with van der Waals surface area (Å²) in [6, 6.07) is 15.1. The third-order valence-electron chi connectivity index (χ3n) is 5.92. The number of aliphatic hydroxyl groups is 1. The lowest BCUT2D eigenvalue weighted by Crippen LogP contribution is -2.29. The summed E-state index contributed by atoms with van der Waals surface area (Å²) in [5.41, 5.74) is 2.11. The van der Waals surface area contributed by atoms with Gasteiger partial charge in [-0.1, -0.05) is 30.9 Å². The van der Waals surface area contributed by atoms with E-state index in [1.165, 1.54) is 11.2 Å². The van der Waals surface area contributed by atoms with Crippen LogP contribution in [0.1, 0.15) is 28.8 Å². The van der Waals surface area contributed by atoms with Crippen molar-refractivity contribution in [3.8, 4) is 5.75 Å². The van der Waals surface area contributed by atoms with E-state index in [0.29, 0.717) is 40.7 Å². The smallest absolute Gasteiger partial charge is 0.296 e. The van der Waals surface area contributed by atoms with Gasteiger partial charge in [0.15, 0.2) is 5.76 Å². The highest BCUT2D eigenvalue weighted by Gasteiger charge is 2.47. The van der Waals surface area contributed by atoms with E-state index in [1.807, 2.05) is 6.07 Å². The summed E-state index contributed by atoms with van der Waals surface area (Å²) in [5.74, 6) is -0.721. The van der Waals surface area contributed by atoms with E-state index < -0.39 is 17.7 Å². The van der Waals surface area contributed by atoms with Gasteiger partial charge in [0.05, 0.1) is 30.1 Å². The summed E-state index contributed by atoms with van der Waals surface area (Å²) in [6.07, 6.45) is 4.89. The molecule has 4 heterocycles. The van der Waals surface area contributed by atoms with Crippen LogP contribution < -0.4 is 4.74 Å². The molecule has 4 aromatic rings. The van der Waals surface area contributed by atoms with Gasteiger partial charge in [0.2, 0.25) is 0 Å². The molecule has 0 spiro atoms. The highest BCUT2D eigenvalue weighted by atomic mass is 16.5. The first-order chi connectivity index (χ1) is 17.0. The van der Waals surface area contributed by atoms with Gasteiger partial charge in [-0.25, -0.2) is 4.98 Å². The van der Waals surface area contributed by atoms with Gasteiger partial charge in [-0.3, -0.25) is 14.0 Å². The lowest BCUT2D eigenvalue weighted by atomic mass is 9.96. The van der Waals surface area contributed by atoms with Crippen LogP contribution in [0, 0.1) is 6.92 Å². The number of hydrogen-bond acceptors (Lipinski definition) is 6. The van der Waals surface area contributed by atoms with Crippen molar-refractivity contribution in [1.29, 1.82) is 0 Å². The van der Waals surface area contributed by atoms with Crippen molar-refractivity contribution in [3.63, 3.8) is 0 Å². The molecule has 176 valence electrons. The molecule has 5 rings (SSSR count). The molecular formula is C27H23N3O5. The van der Waals surface area contributed by atoms with Gasteiger partial charge in [-0.05, 0) is 48.9 Å². The zero-order chi connectivity index (χ0) is 24.5. The Morgan fingerprint density at radius 1 is 1.20 bits per heavy atom. The van der Waals surface area contributed by atoms with E-state index in [9.17, 15) is 14.7 Å². The van der Waals surface area contributed by atoms with Crippen molar-refractivity contribution in [2.24, 2.45) is 0 Å². The van der Waals surface area contributed by atoms with Crippen LogP contribution >= 0.6 is 0 Å². The maximum absolute atomic E-state index is 13.4. The highest BCUT2D eigenvalue weighted by Crippen LogP contribution is 2.41. The maximum atomic E-state index is 13.4. The quantitative estimate of drug-likeness (QED) is 0.186. The van der Waals surface area contributed by atoms with Crippen LogP contribution in [0.25, 0.3) is 11.4 Å². The number of likely N-dealkylation sites (tertiary alicyclic amines) is 1. The minimum absolute atomic E-state index is 0.0174. The number of amides is 1. The number of benzene rings is 1. The van der Waals surface area contributed by atoms with Gasteiger partial charge in [0.1, 0.15) is 29.5 Å². The summed E-state index contributed by atoms with van der Waals surface area (Å²) in [7, 11) is 0. The third-order valence-corrected chi connectivity index (χ3v) is 5.92. The fraction of sp³-hybridized carbons (Fsp3) is 0.148. The van der Waals surface area contributed by atoms with Gasteiger partial charge >= 0.3 is 0 Å². The van der Waals surface area contributed by atoms with E-state index >= 15 is 0 Å². The minimum Gasteiger partial charge on any atom is -0.505 e. The number of carbonyl (C=O) groups is 2.